The number of para-hydroxylation sites is 1. The van der Waals surface area contributed by atoms with E-state index in [0.717, 1.165) is 6.42 Å². The van der Waals surface area contributed by atoms with E-state index in [0.29, 0.717) is 11.8 Å². The Morgan fingerprint density at radius 2 is 1.58 bits per heavy atom. The van der Waals surface area contributed by atoms with E-state index >= 15 is 0 Å². The fourth-order valence-corrected chi connectivity index (χ4v) is 3.50. The Hall–Kier alpha value is -2.49. The van der Waals surface area contributed by atoms with Gasteiger partial charge in [-0.2, -0.15) is 0 Å². The number of nitrogens with one attached hydrogen (secondary N) is 1. The molecule has 0 aliphatic heterocycles. The molecule has 0 fully saturated rings. The molecule has 3 heteroatoms. The number of aryl methyl sites for hydroxylation is 1. The van der Waals surface area contributed by atoms with Crippen LogP contribution in [-0.2, 0) is 0 Å². The number of rotatable bonds is 3. The van der Waals surface area contributed by atoms with Crippen molar-refractivity contribution in [3.63, 3.8) is 0 Å². The van der Waals surface area contributed by atoms with Crippen LogP contribution in [0.5, 0.6) is 5.75 Å². The van der Waals surface area contributed by atoms with Crippen molar-refractivity contribution in [1.29, 1.82) is 0 Å². The third kappa shape index (κ3) is 5.25. The summed E-state index contributed by atoms with van der Waals surface area (Å²) in [6, 6.07) is 26.3. The third-order valence-corrected chi connectivity index (χ3v) is 5.05. The molecule has 0 saturated carbocycles. The smallest absolute Gasteiger partial charge is 0.115 e. The molecular formula is C23H23NOS. The molecule has 0 saturated heterocycles. The highest BCUT2D eigenvalue weighted by Gasteiger charge is 2.15. The second kappa shape index (κ2) is 9.27. The summed E-state index contributed by atoms with van der Waals surface area (Å²) >= 11 is 1.72. The fourth-order valence-electron chi connectivity index (χ4n) is 2.72. The molecular weight excluding hydrogens is 338 g/mol. The molecule has 0 heterocycles. The maximum absolute atomic E-state index is 8.63. The van der Waals surface area contributed by atoms with Crippen LogP contribution in [0.25, 0.3) is 6.08 Å². The van der Waals surface area contributed by atoms with E-state index in [2.05, 4.69) is 72.3 Å². The molecule has 0 aromatic heterocycles. The SMILES string of the molecule is Cc1ccc(SNC2CC=Cc3ccccc32)cc1.Oc1ccccc1. The van der Waals surface area contributed by atoms with Crippen LogP contribution in [-0.4, -0.2) is 5.11 Å². The minimum Gasteiger partial charge on any atom is -0.508 e. The zero-order chi connectivity index (χ0) is 18.2. The largest absolute Gasteiger partial charge is 0.508 e. The zero-order valence-corrected chi connectivity index (χ0v) is 15.6. The van der Waals surface area contributed by atoms with Gasteiger partial charge in [-0.05, 0) is 60.7 Å². The van der Waals surface area contributed by atoms with Gasteiger partial charge in [-0.1, -0.05) is 72.3 Å². The highest BCUT2D eigenvalue weighted by atomic mass is 32.2. The van der Waals surface area contributed by atoms with Crippen LogP contribution in [0.1, 0.15) is 29.2 Å². The van der Waals surface area contributed by atoms with Crippen molar-refractivity contribution in [2.24, 2.45) is 0 Å². The molecule has 2 nitrogen and oxygen atoms in total. The van der Waals surface area contributed by atoms with Crippen LogP contribution in [0.4, 0.5) is 0 Å². The monoisotopic (exact) mass is 361 g/mol. The van der Waals surface area contributed by atoms with Gasteiger partial charge in [0.25, 0.3) is 0 Å². The molecule has 0 bridgehead atoms. The predicted molar refractivity (Wildman–Crippen MR) is 111 cm³/mol. The van der Waals surface area contributed by atoms with Crippen molar-refractivity contribution in [3.8, 4) is 5.75 Å². The second-order valence-electron chi connectivity index (χ2n) is 6.19. The fraction of sp³-hybridized carbons (Fsp3) is 0.130. The first-order valence-corrected chi connectivity index (χ1v) is 9.52. The summed E-state index contributed by atoms with van der Waals surface area (Å²) < 4.78 is 3.58. The molecule has 3 aromatic rings. The van der Waals surface area contributed by atoms with Gasteiger partial charge in [0.2, 0.25) is 0 Å². The van der Waals surface area contributed by atoms with E-state index in [1.807, 2.05) is 6.07 Å². The first kappa shape index (κ1) is 18.3. The van der Waals surface area contributed by atoms with Crippen molar-refractivity contribution < 1.29 is 5.11 Å². The normalized spacial score (nSPS) is 14.9. The summed E-state index contributed by atoms with van der Waals surface area (Å²) in [5.41, 5.74) is 4.02. The minimum absolute atomic E-state index is 0.322. The van der Waals surface area contributed by atoms with Crippen molar-refractivity contribution in [3.05, 3.63) is 102 Å². The molecule has 0 radical (unpaired) electrons. The average molecular weight is 362 g/mol. The summed E-state index contributed by atoms with van der Waals surface area (Å²) in [5.74, 6) is 0.322. The highest BCUT2D eigenvalue weighted by Crippen LogP contribution is 2.30. The van der Waals surface area contributed by atoms with Crippen LogP contribution in [0.15, 0.2) is 89.8 Å². The lowest BCUT2D eigenvalue weighted by molar-refractivity contribution is 0.475. The summed E-state index contributed by atoms with van der Waals surface area (Å²) in [6.45, 7) is 2.12. The molecule has 1 aliphatic carbocycles. The minimum atomic E-state index is 0.322. The number of phenols is 1. The van der Waals surface area contributed by atoms with Crippen molar-refractivity contribution in [1.82, 2.24) is 4.72 Å². The Morgan fingerprint density at radius 3 is 2.27 bits per heavy atom. The van der Waals surface area contributed by atoms with Crippen LogP contribution < -0.4 is 4.72 Å². The van der Waals surface area contributed by atoms with Gasteiger partial charge >= 0.3 is 0 Å². The van der Waals surface area contributed by atoms with Gasteiger partial charge < -0.3 is 5.11 Å². The number of hydrogen-bond acceptors (Lipinski definition) is 3. The molecule has 0 spiro atoms. The molecule has 2 N–H and O–H groups in total. The number of fused-ring (bicyclic) bond motifs is 1. The molecule has 132 valence electrons. The van der Waals surface area contributed by atoms with E-state index < -0.39 is 0 Å². The topological polar surface area (TPSA) is 32.3 Å². The van der Waals surface area contributed by atoms with E-state index in [-0.39, 0.29) is 0 Å². The standard InChI is InChI=1S/C17H17NS.C6H6O/c1-13-9-11-15(12-10-13)19-18-17-8-4-6-14-5-2-3-7-16(14)17;7-6-4-2-1-3-5-6/h2-7,9-12,17-18H,8H2,1H3;1-5,7H. The number of aromatic hydroxyl groups is 1. The number of hydrogen-bond donors (Lipinski definition) is 2. The Labute approximate surface area is 159 Å². The van der Waals surface area contributed by atoms with Crippen LogP contribution in [0.3, 0.4) is 0 Å². The van der Waals surface area contributed by atoms with Crippen LogP contribution in [0, 0.1) is 6.92 Å². The van der Waals surface area contributed by atoms with Gasteiger partial charge in [0, 0.05) is 10.9 Å². The Balaban J connectivity index is 0.000000236. The summed E-state index contributed by atoms with van der Waals surface area (Å²) in [4.78, 5) is 1.26. The maximum atomic E-state index is 8.63. The molecule has 1 aliphatic rings. The molecule has 4 rings (SSSR count). The van der Waals surface area contributed by atoms with Crippen LogP contribution >= 0.6 is 11.9 Å². The Morgan fingerprint density at radius 1 is 0.885 bits per heavy atom. The lowest BCUT2D eigenvalue weighted by Crippen LogP contribution is -2.16. The average Bonchev–Trinajstić information content (AvgIpc) is 2.69. The zero-order valence-electron chi connectivity index (χ0n) is 14.8. The summed E-state index contributed by atoms with van der Waals surface area (Å²) in [5, 5.41) is 8.63. The number of benzene rings is 3. The van der Waals surface area contributed by atoms with Crippen molar-refractivity contribution in [2.75, 3.05) is 0 Å². The summed E-state index contributed by atoms with van der Waals surface area (Å²) in [7, 11) is 0. The molecule has 1 atom stereocenters. The van der Waals surface area contributed by atoms with E-state index in [4.69, 9.17) is 5.11 Å². The number of phenolic OH excluding ortho intramolecular Hbond substituents is 1. The third-order valence-electron chi connectivity index (χ3n) is 4.14. The van der Waals surface area contributed by atoms with E-state index in [1.165, 1.54) is 21.6 Å². The van der Waals surface area contributed by atoms with Gasteiger partial charge in [-0.15, -0.1) is 0 Å². The Bertz CT molecular complexity index is 844. The molecule has 3 aromatic carbocycles. The first-order valence-electron chi connectivity index (χ1n) is 8.71. The molecule has 1 unspecified atom stereocenters. The van der Waals surface area contributed by atoms with E-state index in [9.17, 15) is 0 Å². The van der Waals surface area contributed by atoms with E-state index in [1.54, 1.807) is 36.2 Å². The van der Waals surface area contributed by atoms with Gasteiger partial charge in [0.05, 0.1) is 0 Å². The van der Waals surface area contributed by atoms with Crippen molar-refractivity contribution in [2.45, 2.75) is 24.3 Å². The van der Waals surface area contributed by atoms with Gasteiger partial charge in [-0.3, -0.25) is 4.72 Å². The quantitative estimate of drug-likeness (QED) is 0.549. The first-order chi connectivity index (χ1) is 12.7. The Kier molecular flexibility index (Phi) is 6.53. The lowest BCUT2D eigenvalue weighted by Gasteiger charge is -2.22. The molecule has 0 amide bonds. The molecule has 26 heavy (non-hydrogen) atoms. The highest BCUT2D eigenvalue weighted by molar-refractivity contribution is 7.97. The summed E-state index contributed by atoms with van der Waals surface area (Å²) in [6.07, 6.45) is 5.51. The van der Waals surface area contributed by atoms with Crippen molar-refractivity contribution >= 4 is 18.0 Å². The van der Waals surface area contributed by atoms with Gasteiger partial charge in [0.15, 0.2) is 0 Å². The van der Waals surface area contributed by atoms with Gasteiger partial charge in [0.1, 0.15) is 5.75 Å². The second-order valence-corrected chi connectivity index (χ2v) is 7.10. The van der Waals surface area contributed by atoms with Crippen LogP contribution in [0.2, 0.25) is 0 Å². The predicted octanol–water partition coefficient (Wildman–Crippen LogP) is 6.14. The lowest BCUT2D eigenvalue weighted by atomic mass is 9.94. The van der Waals surface area contributed by atoms with Gasteiger partial charge in [-0.25, -0.2) is 0 Å². The maximum Gasteiger partial charge on any atom is 0.115 e.